The Morgan fingerprint density at radius 3 is 2.83 bits per heavy atom. The van der Waals surface area contributed by atoms with Gasteiger partial charge in [-0.15, -0.1) is 11.8 Å². The lowest BCUT2D eigenvalue weighted by atomic mass is 9.77. The van der Waals surface area contributed by atoms with Crippen molar-refractivity contribution in [3.63, 3.8) is 0 Å². The molecule has 0 bridgehead atoms. The van der Waals surface area contributed by atoms with Crippen LogP contribution in [0.1, 0.15) is 42.9 Å². The van der Waals surface area contributed by atoms with Crippen LogP contribution in [-0.4, -0.2) is 48.8 Å². The predicted molar refractivity (Wildman–Crippen MR) is 141 cm³/mol. The van der Waals surface area contributed by atoms with Crippen LogP contribution in [0.15, 0.2) is 70.1 Å². The molecule has 1 aliphatic carbocycles. The van der Waals surface area contributed by atoms with E-state index in [0.717, 1.165) is 72.5 Å². The third kappa shape index (κ3) is 5.13. The molecule has 3 aromatic rings. The number of carbonyl (C=O) groups excluding carboxylic acids is 1. The molecule has 0 spiro atoms. The Bertz CT molecular complexity index is 1280. The van der Waals surface area contributed by atoms with Crippen molar-refractivity contribution in [2.45, 2.75) is 41.9 Å². The minimum atomic E-state index is -0.585. The summed E-state index contributed by atoms with van der Waals surface area (Å²) in [5.74, 6) is 0.915. The second kappa shape index (κ2) is 11.0. The molecule has 188 valence electrons. The van der Waals surface area contributed by atoms with Gasteiger partial charge < -0.3 is 19.0 Å². The molecule has 0 saturated carbocycles. The number of rotatable bonds is 9. The number of likely N-dealkylation sites (tertiary alicyclic amines) is 1. The van der Waals surface area contributed by atoms with Gasteiger partial charge in [-0.05, 0) is 74.9 Å². The van der Waals surface area contributed by atoms with Crippen LogP contribution >= 0.6 is 11.8 Å². The van der Waals surface area contributed by atoms with Crippen LogP contribution in [0.4, 0.5) is 4.39 Å². The summed E-state index contributed by atoms with van der Waals surface area (Å²) in [6, 6.07) is 10.8. The van der Waals surface area contributed by atoms with Gasteiger partial charge in [0.2, 0.25) is 0 Å². The van der Waals surface area contributed by atoms with E-state index in [1.807, 2.05) is 42.7 Å². The normalized spacial score (nSPS) is 20.7. The summed E-state index contributed by atoms with van der Waals surface area (Å²) in [4.78, 5) is 15.5. The van der Waals surface area contributed by atoms with Crippen LogP contribution in [0.5, 0.6) is 5.75 Å². The fourth-order valence-electron chi connectivity index (χ4n) is 5.21. The Hall–Kier alpha value is -2.90. The maximum atomic E-state index is 13.4. The van der Waals surface area contributed by atoms with Gasteiger partial charge >= 0.3 is 0 Å². The molecule has 5 nitrogen and oxygen atoms in total. The Labute approximate surface area is 215 Å². The molecule has 0 N–H and O–H groups in total. The zero-order valence-corrected chi connectivity index (χ0v) is 21.3. The zero-order valence-electron chi connectivity index (χ0n) is 20.5. The number of benzene rings is 2. The van der Waals surface area contributed by atoms with E-state index in [2.05, 4.69) is 16.1 Å². The van der Waals surface area contributed by atoms with Crippen LogP contribution in [0, 0.1) is 5.82 Å². The lowest BCUT2D eigenvalue weighted by Gasteiger charge is -2.31. The van der Waals surface area contributed by atoms with Crippen LogP contribution in [-0.2, 0) is 10.2 Å². The first-order chi connectivity index (χ1) is 17.6. The fourth-order valence-corrected chi connectivity index (χ4v) is 5.78. The van der Waals surface area contributed by atoms with Crippen molar-refractivity contribution in [2.24, 2.45) is 0 Å². The first-order valence-electron chi connectivity index (χ1n) is 12.5. The Kier molecular flexibility index (Phi) is 7.58. The first kappa shape index (κ1) is 24.8. The molecule has 1 fully saturated rings. The van der Waals surface area contributed by atoms with Gasteiger partial charge in [0.1, 0.15) is 17.9 Å². The van der Waals surface area contributed by atoms with Crippen molar-refractivity contribution in [1.29, 1.82) is 0 Å². The number of hydrogen-bond donors (Lipinski definition) is 0. The van der Waals surface area contributed by atoms with Gasteiger partial charge in [-0.3, -0.25) is 0 Å². The summed E-state index contributed by atoms with van der Waals surface area (Å²) in [5, 5.41) is 5.17. The van der Waals surface area contributed by atoms with Crippen molar-refractivity contribution in [1.82, 2.24) is 10.1 Å². The lowest BCUT2D eigenvalue weighted by molar-refractivity contribution is -0.111. The average molecular weight is 507 g/mol. The molecule has 1 aliphatic heterocycles. The summed E-state index contributed by atoms with van der Waals surface area (Å²) in [6.07, 6.45) is 14.7. The molecule has 36 heavy (non-hydrogen) atoms. The molecule has 0 amide bonds. The number of halogens is 1. The first-order valence-corrected chi connectivity index (χ1v) is 13.7. The number of allylic oxidation sites excluding steroid dienone is 4. The molecule has 1 unspecified atom stereocenters. The molecule has 0 radical (unpaired) electrons. The number of aldehydes is 1. The minimum absolute atomic E-state index is 0.300. The molecule has 7 heteroatoms. The number of aromatic nitrogens is 1. The summed E-state index contributed by atoms with van der Waals surface area (Å²) in [5.41, 5.74) is 1.90. The van der Waals surface area contributed by atoms with E-state index < -0.39 is 5.41 Å². The third-order valence-electron chi connectivity index (χ3n) is 7.32. The standard InChI is InChI=1S/C29H31FN2O3S/c1-36-27-18-22(29(20-33)12-3-2-4-13-29)6-9-25(27)34-17-5-14-32-15-10-21(11-16-32)28-24-8-7-23(30)19-26(24)35-31-28/h2-4,6-9,12,18-21H,5,10-11,13-17H2,1H3. The topological polar surface area (TPSA) is 55.6 Å². The SMILES string of the molecule is CSc1cc(C2(C=O)C=CC=CC2)ccc1OCCCN1CCC(c2noc3cc(F)ccc23)CC1. The Morgan fingerprint density at radius 2 is 2.08 bits per heavy atom. The van der Waals surface area contributed by atoms with E-state index in [4.69, 9.17) is 9.26 Å². The zero-order chi connectivity index (χ0) is 25.0. The van der Waals surface area contributed by atoms with E-state index in [1.165, 1.54) is 12.1 Å². The van der Waals surface area contributed by atoms with Gasteiger partial charge in [-0.1, -0.05) is 35.5 Å². The predicted octanol–water partition coefficient (Wildman–Crippen LogP) is 6.29. The Morgan fingerprint density at radius 1 is 1.22 bits per heavy atom. The van der Waals surface area contributed by atoms with Gasteiger partial charge in [-0.25, -0.2) is 4.39 Å². The molecule has 1 atom stereocenters. The molecule has 2 aromatic carbocycles. The van der Waals surface area contributed by atoms with E-state index >= 15 is 0 Å². The number of piperidine rings is 1. The van der Waals surface area contributed by atoms with E-state index in [0.29, 0.717) is 24.5 Å². The summed E-state index contributed by atoms with van der Waals surface area (Å²) >= 11 is 1.64. The maximum Gasteiger partial charge on any atom is 0.170 e. The highest BCUT2D eigenvalue weighted by Gasteiger charge is 2.30. The molecule has 1 aromatic heterocycles. The van der Waals surface area contributed by atoms with Gasteiger partial charge in [0, 0.05) is 28.8 Å². The second-order valence-corrected chi connectivity index (χ2v) is 10.4. The van der Waals surface area contributed by atoms with E-state index in [9.17, 15) is 9.18 Å². The van der Waals surface area contributed by atoms with Crippen LogP contribution in [0.2, 0.25) is 0 Å². The fraction of sp³-hybridized carbons (Fsp3) is 0.379. The van der Waals surface area contributed by atoms with E-state index in [-0.39, 0.29) is 5.82 Å². The van der Waals surface area contributed by atoms with Gasteiger partial charge in [0.25, 0.3) is 0 Å². The monoisotopic (exact) mass is 506 g/mol. The highest BCUT2D eigenvalue weighted by Crippen LogP contribution is 2.37. The van der Waals surface area contributed by atoms with Gasteiger partial charge in [0.05, 0.1) is 17.7 Å². The second-order valence-electron chi connectivity index (χ2n) is 9.54. The van der Waals surface area contributed by atoms with Crippen molar-refractivity contribution in [2.75, 3.05) is 32.5 Å². The largest absolute Gasteiger partial charge is 0.492 e. The van der Waals surface area contributed by atoms with Crippen molar-refractivity contribution in [3.05, 3.63) is 77.8 Å². The summed E-state index contributed by atoms with van der Waals surface area (Å²) in [7, 11) is 0. The average Bonchev–Trinajstić information content (AvgIpc) is 3.34. The molecule has 2 aliphatic rings. The molecule has 1 saturated heterocycles. The molecular formula is C29H31FN2O3S. The van der Waals surface area contributed by atoms with Crippen molar-refractivity contribution < 1.29 is 18.4 Å². The van der Waals surface area contributed by atoms with Gasteiger partial charge in [-0.2, -0.15) is 0 Å². The third-order valence-corrected chi connectivity index (χ3v) is 8.08. The molecule has 5 rings (SSSR count). The number of thioether (sulfide) groups is 1. The highest BCUT2D eigenvalue weighted by atomic mass is 32.2. The summed E-state index contributed by atoms with van der Waals surface area (Å²) < 4.78 is 24.9. The van der Waals surface area contributed by atoms with Crippen LogP contribution in [0.3, 0.4) is 0 Å². The summed E-state index contributed by atoms with van der Waals surface area (Å²) in [6.45, 7) is 3.63. The van der Waals surface area contributed by atoms with E-state index in [1.54, 1.807) is 17.8 Å². The van der Waals surface area contributed by atoms with Crippen LogP contribution in [0.25, 0.3) is 11.0 Å². The number of ether oxygens (including phenoxy) is 1. The smallest absolute Gasteiger partial charge is 0.170 e. The number of fused-ring (bicyclic) bond motifs is 1. The minimum Gasteiger partial charge on any atom is -0.492 e. The van der Waals surface area contributed by atoms with Gasteiger partial charge in [0.15, 0.2) is 5.58 Å². The maximum absolute atomic E-state index is 13.4. The quantitative estimate of drug-likeness (QED) is 0.193. The number of carbonyl (C=O) groups is 1. The highest BCUT2D eigenvalue weighted by molar-refractivity contribution is 7.98. The van der Waals surface area contributed by atoms with Crippen molar-refractivity contribution in [3.8, 4) is 5.75 Å². The van der Waals surface area contributed by atoms with Crippen molar-refractivity contribution >= 4 is 29.0 Å². The lowest BCUT2D eigenvalue weighted by Crippen LogP contribution is -2.34. The number of nitrogens with zero attached hydrogens (tertiary/aromatic N) is 2. The number of hydrogen-bond acceptors (Lipinski definition) is 6. The van der Waals surface area contributed by atoms with Crippen LogP contribution < -0.4 is 4.74 Å². The Balaban J connectivity index is 1.11. The molecule has 2 heterocycles. The molecular weight excluding hydrogens is 475 g/mol.